The number of hydrogen-bond acceptors (Lipinski definition) is 8. The molecule has 0 saturated carbocycles. The highest BCUT2D eigenvalue weighted by Crippen LogP contribution is 2.36. The molecule has 2 aromatic heterocycles. The van der Waals surface area contributed by atoms with Crippen LogP contribution in [-0.2, 0) is 0 Å². The summed E-state index contributed by atoms with van der Waals surface area (Å²) in [5.41, 5.74) is 9.04. The number of nitrogens with one attached hydrogen (secondary N) is 1. The number of nitrogens with two attached hydrogens (primary N) is 1. The minimum absolute atomic E-state index is 0.296. The topological polar surface area (TPSA) is 97.4 Å². The van der Waals surface area contributed by atoms with Crippen molar-refractivity contribution < 1.29 is 4.74 Å². The van der Waals surface area contributed by atoms with Crippen molar-refractivity contribution >= 4 is 16.9 Å². The molecule has 2 aromatic carbocycles. The van der Waals surface area contributed by atoms with E-state index in [0.29, 0.717) is 17.9 Å². The van der Waals surface area contributed by atoms with Gasteiger partial charge in [0.1, 0.15) is 29.3 Å². The van der Waals surface area contributed by atoms with Gasteiger partial charge in [0.25, 0.3) is 0 Å². The number of anilines is 1. The number of rotatable bonds is 7. The first-order valence-electron chi connectivity index (χ1n) is 15.2. The van der Waals surface area contributed by atoms with Gasteiger partial charge in [-0.15, -0.1) is 0 Å². The monoisotopic (exact) mass is 552 g/mol. The Bertz CT molecular complexity index is 1440. The van der Waals surface area contributed by atoms with Gasteiger partial charge >= 0.3 is 0 Å². The maximum atomic E-state index is 6.41. The number of nitrogens with zero attached hydrogens (tertiary/aromatic N) is 6. The van der Waals surface area contributed by atoms with Crippen molar-refractivity contribution in [1.82, 2.24) is 34.9 Å². The predicted molar refractivity (Wildman–Crippen MR) is 162 cm³/mol. The van der Waals surface area contributed by atoms with Gasteiger partial charge in [-0.2, -0.15) is 5.10 Å². The Balaban J connectivity index is 1.04. The van der Waals surface area contributed by atoms with E-state index < -0.39 is 0 Å². The van der Waals surface area contributed by atoms with Crippen molar-refractivity contribution in [3.05, 3.63) is 60.9 Å². The van der Waals surface area contributed by atoms with E-state index in [1.54, 1.807) is 6.33 Å². The van der Waals surface area contributed by atoms with Crippen molar-refractivity contribution in [3.63, 3.8) is 0 Å². The molecule has 1 unspecified atom stereocenters. The van der Waals surface area contributed by atoms with E-state index in [0.717, 1.165) is 65.6 Å². The fourth-order valence-corrected chi connectivity index (χ4v) is 6.96. The zero-order valence-electron chi connectivity index (χ0n) is 23.7. The molecule has 3 N–H and O–H groups in total. The summed E-state index contributed by atoms with van der Waals surface area (Å²) in [5, 5.41) is 9.45. The lowest BCUT2D eigenvalue weighted by Crippen LogP contribution is -2.44. The van der Waals surface area contributed by atoms with E-state index in [-0.39, 0.29) is 0 Å². The lowest BCUT2D eigenvalue weighted by Gasteiger charge is -2.36. The van der Waals surface area contributed by atoms with Crippen LogP contribution in [-0.4, -0.2) is 81.4 Å². The van der Waals surface area contributed by atoms with E-state index in [1.165, 1.54) is 52.0 Å². The Morgan fingerprint density at radius 2 is 1.56 bits per heavy atom. The third-order valence-corrected chi connectivity index (χ3v) is 9.21. The van der Waals surface area contributed by atoms with Crippen molar-refractivity contribution in [1.29, 1.82) is 0 Å². The van der Waals surface area contributed by atoms with Gasteiger partial charge < -0.3 is 20.7 Å². The molecule has 9 nitrogen and oxygen atoms in total. The number of para-hydroxylation sites is 1. The average Bonchev–Trinajstić information content (AvgIpc) is 3.65. The van der Waals surface area contributed by atoms with Crippen LogP contribution in [0.2, 0.25) is 0 Å². The molecule has 3 aliphatic rings. The quantitative estimate of drug-likeness (QED) is 0.344. The summed E-state index contributed by atoms with van der Waals surface area (Å²) in [6.07, 6.45) is 7.63. The highest BCUT2D eigenvalue weighted by Gasteiger charge is 2.33. The second-order valence-electron chi connectivity index (χ2n) is 11.9. The van der Waals surface area contributed by atoms with E-state index >= 15 is 0 Å². The Hall–Kier alpha value is -3.53. The number of piperidine rings is 2. The highest BCUT2D eigenvalue weighted by atomic mass is 16.5. The molecule has 0 aliphatic carbocycles. The number of fused-ring (bicyclic) bond motifs is 1. The lowest BCUT2D eigenvalue weighted by atomic mass is 9.98. The molecule has 41 heavy (non-hydrogen) atoms. The first-order valence-corrected chi connectivity index (χ1v) is 15.2. The largest absolute Gasteiger partial charge is 0.457 e. The van der Waals surface area contributed by atoms with Crippen LogP contribution in [0.4, 0.5) is 5.82 Å². The average molecular weight is 553 g/mol. The molecule has 3 fully saturated rings. The number of benzene rings is 2. The molecule has 0 bridgehead atoms. The molecule has 0 amide bonds. The Labute approximate surface area is 241 Å². The number of hydrogen-bond donors (Lipinski definition) is 2. The SMILES string of the molecule is Nc1ncnc2c1c(-c1ccc(Oc3ccccc3)cc1)nn2C1CCN(C2CCN(CC3CCNCC3)C2)CC1. The molecule has 0 radical (unpaired) electrons. The van der Waals surface area contributed by atoms with E-state index in [4.69, 9.17) is 15.6 Å². The van der Waals surface area contributed by atoms with Gasteiger partial charge in [0.2, 0.25) is 0 Å². The number of aromatic nitrogens is 4. The third kappa shape index (κ3) is 5.66. The summed E-state index contributed by atoms with van der Waals surface area (Å²) in [7, 11) is 0. The summed E-state index contributed by atoms with van der Waals surface area (Å²) in [6.45, 7) is 8.30. The minimum atomic E-state index is 0.296. The molecule has 3 aliphatic heterocycles. The summed E-state index contributed by atoms with van der Waals surface area (Å²) in [5.74, 6) is 2.93. The second kappa shape index (κ2) is 11.8. The third-order valence-electron chi connectivity index (χ3n) is 9.21. The molecule has 4 aromatic rings. The van der Waals surface area contributed by atoms with Gasteiger partial charge in [-0.3, -0.25) is 4.90 Å². The molecular weight excluding hydrogens is 512 g/mol. The molecule has 9 heteroatoms. The zero-order valence-corrected chi connectivity index (χ0v) is 23.7. The maximum Gasteiger partial charge on any atom is 0.164 e. The fraction of sp³-hybridized carbons (Fsp3) is 0.469. The Kier molecular flexibility index (Phi) is 7.56. The van der Waals surface area contributed by atoms with Crippen molar-refractivity contribution in [2.75, 3.05) is 51.5 Å². The summed E-state index contributed by atoms with van der Waals surface area (Å²) in [6, 6.07) is 18.8. The first kappa shape index (κ1) is 26.4. The van der Waals surface area contributed by atoms with E-state index in [2.05, 4.69) is 29.8 Å². The van der Waals surface area contributed by atoms with Crippen molar-refractivity contribution in [3.8, 4) is 22.8 Å². The van der Waals surface area contributed by atoms with Crippen molar-refractivity contribution in [2.24, 2.45) is 5.92 Å². The van der Waals surface area contributed by atoms with Gasteiger partial charge in [0.05, 0.1) is 11.4 Å². The van der Waals surface area contributed by atoms with Gasteiger partial charge in [-0.1, -0.05) is 18.2 Å². The Morgan fingerprint density at radius 1 is 0.829 bits per heavy atom. The number of likely N-dealkylation sites (tertiary alicyclic amines) is 2. The molecule has 3 saturated heterocycles. The highest BCUT2D eigenvalue weighted by molar-refractivity contribution is 5.98. The molecule has 214 valence electrons. The van der Waals surface area contributed by atoms with Crippen LogP contribution >= 0.6 is 0 Å². The zero-order chi connectivity index (χ0) is 27.6. The molecule has 7 rings (SSSR count). The molecule has 1 atom stereocenters. The standard InChI is InChI=1S/C32H40N8O/c33-31-29-30(24-6-8-28(9-7-24)41-27-4-2-1-3-5-27)37-40(32(29)36-22-35-31)25-13-18-39(19-14-25)26-12-17-38(21-26)20-23-10-15-34-16-11-23/h1-9,22-23,25-26,34H,10-21H2,(H2,33,35,36). The first-order chi connectivity index (χ1) is 20.2. The van der Waals surface area contributed by atoms with Crippen LogP contribution in [0.15, 0.2) is 60.9 Å². The molecular formula is C32H40N8O. The minimum Gasteiger partial charge on any atom is -0.457 e. The summed E-state index contributed by atoms with van der Waals surface area (Å²) >= 11 is 0. The van der Waals surface area contributed by atoms with Gasteiger partial charge in [-0.05, 0) is 94.1 Å². The van der Waals surface area contributed by atoms with Crippen LogP contribution in [0, 0.1) is 5.92 Å². The number of ether oxygens (including phenoxy) is 1. The summed E-state index contributed by atoms with van der Waals surface area (Å²) in [4.78, 5) is 14.4. The van der Waals surface area contributed by atoms with Crippen LogP contribution in [0.3, 0.4) is 0 Å². The van der Waals surface area contributed by atoms with Crippen molar-refractivity contribution in [2.45, 2.75) is 44.2 Å². The number of nitrogen functional groups attached to an aromatic ring is 1. The molecule has 5 heterocycles. The van der Waals surface area contributed by atoms with Crippen LogP contribution in [0.25, 0.3) is 22.3 Å². The fourth-order valence-electron chi connectivity index (χ4n) is 6.96. The maximum absolute atomic E-state index is 6.41. The van der Waals surface area contributed by atoms with E-state index in [1.807, 2.05) is 54.6 Å². The van der Waals surface area contributed by atoms with Crippen LogP contribution < -0.4 is 15.8 Å². The van der Waals surface area contributed by atoms with Crippen LogP contribution in [0.5, 0.6) is 11.5 Å². The van der Waals surface area contributed by atoms with Gasteiger partial charge in [0.15, 0.2) is 5.65 Å². The molecule has 0 spiro atoms. The summed E-state index contributed by atoms with van der Waals surface area (Å²) < 4.78 is 8.11. The normalized spacial score (nSPS) is 21.5. The predicted octanol–water partition coefficient (Wildman–Crippen LogP) is 4.58. The lowest BCUT2D eigenvalue weighted by molar-refractivity contribution is 0.129. The van der Waals surface area contributed by atoms with E-state index in [9.17, 15) is 0 Å². The smallest absolute Gasteiger partial charge is 0.164 e. The van der Waals surface area contributed by atoms with Crippen LogP contribution in [0.1, 0.15) is 38.1 Å². The Morgan fingerprint density at radius 3 is 2.34 bits per heavy atom. The van der Waals surface area contributed by atoms with Gasteiger partial charge in [-0.25, -0.2) is 14.6 Å². The van der Waals surface area contributed by atoms with Gasteiger partial charge in [0, 0.05) is 37.8 Å². The second-order valence-corrected chi connectivity index (χ2v) is 11.9.